The Morgan fingerprint density at radius 1 is 1.00 bits per heavy atom. The average Bonchev–Trinajstić information content (AvgIpc) is 2.68. The quantitative estimate of drug-likeness (QED) is 0.914. The van der Waals surface area contributed by atoms with Crippen LogP contribution in [0.25, 0.3) is 0 Å². The molecule has 1 N–H and O–H groups in total. The maximum atomic E-state index is 12.6. The van der Waals surface area contributed by atoms with Crippen molar-refractivity contribution in [3.8, 4) is 11.5 Å². The van der Waals surface area contributed by atoms with Crippen molar-refractivity contribution in [3.63, 3.8) is 0 Å². The number of benzene rings is 2. The lowest BCUT2D eigenvalue weighted by Crippen LogP contribution is -2.50. The minimum Gasteiger partial charge on any atom is -0.497 e. The van der Waals surface area contributed by atoms with Gasteiger partial charge < -0.3 is 24.6 Å². The first-order chi connectivity index (χ1) is 12.6. The number of piperazine rings is 1. The molecule has 1 aliphatic heterocycles. The highest BCUT2D eigenvalue weighted by molar-refractivity contribution is 5.91. The smallest absolute Gasteiger partial charge is 0.322 e. The van der Waals surface area contributed by atoms with Crippen molar-refractivity contribution in [2.75, 3.05) is 50.6 Å². The maximum absolute atomic E-state index is 12.6. The van der Waals surface area contributed by atoms with Gasteiger partial charge in [-0.1, -0.05) is 12.1 Å². The first-order valence-corrected chi connectivity index (χ1v) is 8.70. The van der Waals surface area contributed by atoms with Crippen LogP contribution >= 0.6 is 0 Å². The number of amides is 2. The molecule has 0 aliphatic carbocycles. The molecular formula is C20H25N3O3. The van der Waals surface area contributed by atoms with Crippen molar-refractivity contribution >= 4 is 17.4 Å². The topological polar surface area (TPSA) is 54.0 Å². The largest absolute Gasteiger partial charge is 0.497 e. The van der Waals surface area contributed by atoms with E-state index in [4.69, 9.17) is 9.47 Å². The normalized spacial score (nSPS) is 14.1. The van der Waals surface area contributed by atoms with E-state index in [1.165, 1.54) is 0 Å². The Balaban J connectivity index is 1.61. The van der Waals surface area contributed by atoms with Crippen molar-refractivity contribution in [1.82, 2.24) is 4.90 Å². The summed E-state index contributed by atoms with van der Waals surface area (Å²) in [5.74, 6) is 1.51. The Kier molecular flexibility index (Phi) is 5.51. The number of hydrogen-bond acceptors (Lipinski definition) is 4. The second kappa shape index (κ2) is 7.99. The number of aryl methyl sites for hydroxylation is 1. The van der Waals surface area contributed by atoms with Crippen molar-refractivity contribution in [1.29, 1.82) is 0 Å². The molecule has 2 aromatic rings. The Hall–Kier alpha value is -2.89. The lowest BCUT2D eigenvalue weighted by molar-refractivity contribution is 0.208. The molecule has 2 aromatic carbocycles. The lowest BCUT2D eigenvalue weighted by atomic mass is 10.2. The number of carbonyl (C=O) groups excluding carboxylic acids is 1. The van der Waals surface area contributed by atoms with Crippen LogP contribution in [0.5, 0.6) is 11.5 Å². The van der Waals surface area contributed by atoms with Crippen LogP contribution in [0.1, 0.15) is 5.56 Å². The third-order valence-corrected chi connectivity index (χ3v) is 4.58. The maximum Gasteiger partial charge on any atom is 0.322 e. The molecule has 0 spiro atoms. The van der Waals surface area contributed by atoms with E-state index in [-0.39, 0.29) is 6.03 Å². The van der Waals surface area contributed by atoms with Crippen LogP contribution in [0, 0.1) is 6.92 Å². The molecule has 0 unspecified atom stereocenters. The Morgan fingerprint density at radius 2 is 1.77 bits per heavy atom. The number of carbonyl (C=O) groups is 1. The summed E-state index contributed by atoms with van der Waals surface area (Å²) in [4.78, 5) is 16.7. The van der Waals surface area contributed by atoms with E-state index in [9.17, 15) is 4.79 Å². The number of nitrogens with one attached hydrogen (secondary N) is 1. The van der Waals surface area contributed by atoms with E-state index in [0.717, 1.165) is 30.1 Å². The Labute approximate surface area is 154 Å². The monoisotopic (exact) mass is 355 g/mol. The molecule has 3 rings (SSSR count). The minimum absolute atomic E-state index is 0.0980. The molecule has 0 radical (unpaired) electrons. The fourth-order valence-electron chi connectivity index (χ4n) is 3.09. The molecule has 1 aliphatic rings. The van der Waals surface area contributed by atoms with Gasteiger partial charge >= 0.3 is 6.03 Å². The molecule has 0 aromatic heterocycles. The summed E-state index contributed by atoms with van der Waals surface area (Å²) in [6, 6.07) is 13.7. The van der Waals surface area contributed by atoms with Crippen LogP contribution in [0.15, 0.2) is 42.5 Å². The van der Waals surface area contributed by atoms with Crippen molar-refractivity contribution < 1.29 is 14.3 Å². The number of nitrogens with zero attached hydrogens (tertiary/aromatic N) is 2. The van der Waals surface area contributed by atoms with Gasteiger partial charge in [0.2, 0.25) is 0 Å². The number of rotatable bonds is 4. The summed E-state index contributed by atoms with van der Waals surface area (Å²) in [5.41, 5.74) is 2.89. The zero-order valence-corrected chi connectivity index (χ0v) is 15.5. The zero-order chi connectivity index (χ0) is 18.5. The molecule has 0 atom stereocenters. The van der Waals surface area contributed by atoms with Crippen molar-refractivity contribution in [2.45, 2.75) is 6.92 Å². The Morgan fingerprint density at radius 3 is 2.46 bits per heavy atom. The zero-order valence-electron chi connectivity index (χ0n) is 15.5. The summed E-state index contributed by atoms with van der Waals surface area (Å²) in [6.07, 6.45) is 0. The van der Waals surface area contributed by atoms with Gasteiger partial charge in [-0.2, -0.15) is 0 Å². The van der Waals surface area contributed by atoms with Gasteiger partial charge in [-0.3, -0.25) is 0 Å². The van der Waals surface area contributed by atoms with Crippen LogP contribution in [0.4, 0.5) is 16.2 Å². The molecule has 6 nitrogen and oxygen atoms in total. The van der Waals surface area contributed by atoms with E-state index in [1.54, 1.807) is 14.2 Å². The van der Waals surface area contributed by atoms with E-state index >= 15 is 0 Å². The molecule has 26 heavy (non-hydrogen) atoms. The molecular weight excluding hydrogens is 330 g/mol. The summed E-state index contributed by atoms with van der Waals surface area (Å²) >= 11 is 0. The van der Waals surface area contributed by atoms with E-state index in [0.29, 0.717) is 24.5 Å². The molecule has 0 bridgehead atoms. The van der Waals surface area contributed by atoms with Gasteiger partial charge in [0, 0.05) is 37.9 Å². The van der Waals surface area contributed by atoms with Gasteiger partial charge in [-0.25, -0.2) is 4.79 Å². The summed E-state index contributed by atoms with van der Waals surface area (Å²) in [5, 5.41) is 2.97. The minimum atomic E-state index is -0.0980. The summed E-state index contributed by atoms with van der Waals surface area (Å²) in [6.45, 7) is 4.88. The van der Waals surface area contributed by atoms with Crippen LogP contribution in [-0.2, 0) is 0 Å². The molecule has 6 heteroatoms. The fourth-order valence-corrected chi connectivity index (χ4v) is 3.09. The summed E-state index contributed by atoms with van der Waals surface area (Å²) < 4.78 is 10.6. The van der Waals surface area contributed by atoms with E-state index in [2.05, 4.69) is 16.3 Å². The third-order valence-electron chi connectivity index (χ3n) is 4.58. The summed E-state index contributed by atoms with van der Waals surface area (Å²) in [7, 11) is 3.27. The molecule has 138 valence electrons. The molecule has 2 amide bonds. The van der Waals surface area contributed by atoms with Gasteiger partial charge in [0.25, 0.3) is 0 Å². The molecule has 1 saturated heterocycles. The second-order valence-electron chi connectivity index (χ2n) is 6.31. The number of methoxy groups -OCH3 is 2. The van der Waals surface area contributed by atoms with Crippen LogP contribution in [-0.4, -0.2) is 51.3 Å². The number of anilines is 2. The number of urea groups is 1. The number of ether oxygens (including phenoxy) is 2. The van der Waals surface area contributed by atoms with Gasteiger partial charge in [0.1, 0.15) is 11.5 Å². The van der Waals surface area contributed by atoms with E-state index in [1.807, 2.05) is 48.2 Å². The van der Waals surface area contributed by atoms with Crippen LogP contribution in [0.2, 0.25) is 0 Å². The van der Waals surface area contributed by atoms with Crippen molar-refractivity contribution in [2.24, 2.45) is 0 Å². The predicted molar refractivity (Wildman–Crippen MR) is 104 cm³/mol. The van der Waals surface area contributed by atoms with Crippen LogP contribution in [0.3, 0.4) is 0 Å². The fraction of sp³-hybridized carbons (Fsp3) is 0.350. The lowest BCUT2D eigenvalue weighted by Gasteiger charge is -2.36. The SMILES string of the molecule is COc1cccc(N2CCN(C(=O)Nc3cc(C)ccc3OC)CC2)c1. The van der Waals surface area contributed by atoms with Gasteiger partial charge in [0.05, 0.1) is 19.9 Å². The highest BCUT2D eigenvalue weighted by Gasteiger charge is 2.22. The Bertz CT molecular complexity index is 771. The van der Waals surface area contributed by atoms with E-state index < -0.39 is 0 Å². The van der Waals surface area contributed by atoms with Crippen LogP contribution < -0.4 is 19.7 Å². The molecule has 1 heterocycles. The van der Waals surface area contributed by atoms with Gasteiger partial charge in [-0.05, 0) is 36.8 Å². The molecule has 0 saturated carbocycles. The average molecular weight is 355 g/mol. The first-order valence-electron chi connectivity index (χ1n) is 8.70. The first kappa shape index (κ1) is 17.9. The number of hydrogen-bond donors (Lipinski definition) is 1. The van der Waals surface area contributed by atoms with Crippen molar-refractivity contribution in [3.05, 3.63) is 48.0 Å². The second-order valence-corrected chi connectivity index (χ2v) is 6.31. The van der Waals surface area contributed by atoms with Gasteiger partial charge in [-0.15, -0.1) is 0 Å². The standard InChI is InChI=1S/C20H25N3O3/c1-15-7-8-19(26-3)18(13-15)21-20(24)23-11-9-22(10-12-23)16-5-4-6-17(14-16)25-2/h4-8,13-14H,9-12H2,1-3H3,(H,21,24). The third kappa shape index (κ3) is 4.02. The predicted octanol–water partition coefficient (Wildman–Crippen LogP) is 3.37. The highest BCUT2D eigenvalue weighted by Crippen LogP contribution is 2.26. The molecule has 1 fully saturated rings. The highest BCUT2D eigenvalue weighted by atomic mass is 16.5. The van der Waals surface area contributed by atoms with Gasteiger partial charge in [0.15, 0.2) is 0 Å².